The number of anilines is 1. The summed E-state index contributed by atoms with van der Waals surface area (Å²) >= 11 is 0. The van der Waals surface area contributed by atoms with Crippen molar-refractivity contribution < 1.29 is 14.3 Å². The van der Waals surface area contributed by atoms with Gasteiger partial charge in [-0.1, -0.05) is 12.1 Å². The van der Waals surface area contributed by atoms with Crippen LogP contribution in [-0.2, 0) is 0 Å². The summed E-state index contributed by atoms with van der Waals surface area (Å²) in [4.78, 5) is 12.4. The molecule has 0 unspecified atom stereocenters. The quantitative estimate of drug-likeness (QED) is 0.415. The highest BCUT2D eigenvalue weighted by Crippen LogP contribution is 2.27. The van der Waals surface area contributed by atoms with Crippen molar-refractivity contribution in [3.63, 3.8) is 0 Å². The number of ether oxygens (including phenoxy) is 2. The molecule has 0 fully saturated rings. The van der Waals surface area contributed by atoms with Crippen LogP contribution in [0.5, 0.6) is 11.5 Å². The van der Waals surface area contributed by atoms with Crippen LogP contribution < -0.4 is 26.3 Å². The van der Waals surface area contributed by atoms with Gasteiger partial charge in [-0.2, -0.15) is 5.10 Å². The van der Waals surface area contributed by atoms with E-state index < -0.39 is 0 Å². The molecule has 136 valence electrons. The van der Waals surface area contributed by atoms with Gasteiger partial charge in [-0.25, -0.2) is 0 Å². The number of amides is 1. The van der Waals surface area contributed by atoms with E-state index in [9.17, 15) is 4.79 Å². The molecule has 0 atom stereocenters. The summed E-state index contributed by atoms with van der Waals surface area (Å²) in [5.74, 6) is 0.679. The molecule has 0 aliphatic heterocycles. The highest BCUT2D eigenvalue weighted by Gasteiger charge is 2.11. The topological polar surface area (TPSA) is 124 Å². The Kier molecular flexibility index (Phi) is 6.15. The van der Waals surface area contributed by atoms with Crippen molar-refractivity contribution in [1.29, 1.82) is 0 Å². The molecule has 26 heavy (non-hydrogen) atoms. The molecule has 0 radical (unpaired) electrons. The summed E-state index contributed by atoms with van der Waals surface area (Å²) in [7, 11) is 3.06. The van der Waals surface area contributed by atoms with Crippen molar-refractivity contribution in [2.75, 3.05) is 19.5 Å². The smallest absolute Gasteiger partial charge is 0.255 e. The van der Waals surface area contributed by atoms with Crippen LogP contribution in [0.4, 0.5) is 5.69 Å². The van der Waals surface area contributed by atoms with Gasteiger partial charge < -0.3 is 26.3 Å². The van der Waals surface area contributed by atoms with Gasteiger partial charge in [0, 0.05) is 11.3 Å². The average Bonchev–Trinajstić information content (AvgIpc) is 2.65. The fraction of sp³-hybridized carbons (Fsp3) is 0.167. The largest absolute Gasteiger partial charge is 0.493 e. The summed E-state index contributed by atoms with van der Waals surface area (Å²) in [6.07, 6.45) is 0. The van der Waals surface area contributed by atoms with Crippen LogP contribution in [0.15, 0.2) is 52.7 Å². The number of carbonyl (C=O) groups excluding carboxylic acids is 1. The third-order valence-electron chi connectivity index (χ3n) is 3.52. The molecule has 2 rings (SSSR count). The molecule has 1 amide bonds. The van der Waals surface area contributed by atoms with E-state index in [1.54, 1.807) is 37.3 Å². The van der Waals surface area contributed by atoms with Crippen molar-refractivity contribution >= 4 is 23.3 Å². The highest BCUT2D eigenvalue weighted by molar-refractivity contribution is 6.05. The number of rotatable bonds is 6. The monoisotopic (exact) mass is 355 g/mol. The molecule has 0 bridgehead atoms. The van der Waals surface area contributed by atoms with E-state index in [-0.39, 0.29) is 11.9 Å². The van der Waals surface area contributed by atoms with Gasteiger partial charge in [-0.15, -0.1) is 5.10 Å². The Bertz CT molecular complexity index is 840. The SMILES string of the molecule is COc1ccc(C(=O)Nc2ccc(/C(C)=N/N=C(N)N)cc2)cc1OC. The second-order valence-electron chi connectivity index (χ2n) is 5.31. The normalized spacial score (nSPS) is 10.8. The van der Waals surface area contributed by atoms with Crippen LogP contribution >= 0.6 is 0 Å². The Morgan fingerprint density at radius 1 is 0.923 bits per heavy atom. The molecule has 0 saturated heterocycles. The summed E-state index contributed by atoms with van der Waals surface area (Å²) in [6.45, 7) is 1.78. The molecule has 0 aromatic heterocycles. The van der Waals surface area contributed by atoms with Gasteiger partial charge in [0.25, 0.3) is 5.91 Å². The van der Waals surface area contributed by atoms with Gasteiger partial charge in [-0.3, -0.25) is 4.79 Å². The molecule has 2 aromatic rings. The van der Waals surface area contributed by atoms with Gasteiger partial charge >= 0.3 is 0 Å². The number of nitrogens with two attached hydrogens (primary N) is 2. The number of nitrogens with zero attached hydrogens (tertiary/aromatic N) is 2. The van der Waals surface area contributed by atoms with Crippen LogP contribution in [-0.4, -0.2) is 31.8 Å². The van der Waals surface area contributed by atoms with E-state index in [0.717, 1.165) is 5.56 Å². The average molecular weight is 355 g/mol. The van der Waals surface area contributed by atoms with E-state index in [0.29, 0.717) is 28.5 Å². The predicted octanol–water partition coefficient (Wildman–Crippen LogP) is 1.95. The second-order valence-corrected chi connectivity index (χ2v) is 5.31. The minimum Gasteiger partial charge on any atom is -0.493 e. The van der Waals surface area contributed by atoms with E-state index in [1.807, 2.05) is 12.1 Å². The highest BCUT2D eigenvalue weighted by atomic mass is 16.5. The zero-order valence-corrected chi connectivity index (χ0v) is 14.8. The number of guanidine groups is 1. The van der Waals surface area contributed by atoms with Crippen molar-refractivity contribution in [1.82, 2.24) is 0 Å². The number of hydrogen-bond donors (Lipinski definition) is 3. The molecule has 0 saturated carbocycles. The first-order chi connectivity index (χ1) is 12.4. The molecule has 2 aromatic carbocycles. The Labute approximate surface area is 151 Å². The van der Waals surface area contributed by atoms with Crippen LogP contribution in [0.3, 0.4) is 0 Å². The van der Waals surface area contributed by atoms with Crippen molar-refractivity contribution in [3.8, 4) is 11.5 Å². The third-order valence-corrected chi connectivity index (χ3v) is 3.52. The van der Waals surface area contributed by atoms with Crippen LogP contribution in [0.2, 0.25) is 0 Å². The number of nitrogens with one attached hydrogen (secondary N) is 1. The molecule has 8 nitrogen and oxygen atoms in total. The van der Waals surface area contributed by atoms with E-state index in [4.69, 9.17) is 20.9 Å². The second kappa shape index (κ2) is 8.52. The van der Waals surface area contributed by atoms with Gasteiger partial charge in [0.2, 0.25) is 5.96 Å². The molecule has 5 N–H and O–H groups in total. The summed E-state index contributed by atoms with van der Waals surface area (Å²) in [5, 5.41) is 10.3. The van der Waals surface area contributed by atoms with Gasteiger partial charge in [0.05, 0.1) is 19.9 Å². The first-order valence-corrected chi connectivity index (χ1v) is 7.71. The van der Waals surface area contributed by atoms with Crippen LogP contribution in [0.1, 0.15) is 22.8 Å². The first-order valence-electron chi connectivity index (χ1n) is 7.71. The van der Waals surface area contributed by atoms with Crippen molar-refractivity contribution in [2.45, 2.75) is 6.92 Å². The number of benzene rings is 2. The molecular formula is C18H21N5O3. The molecular weight excluding hydrogens is 334 g/mol. The fourth-order valence-corrected chi connectivity index (χ4v) is 2.17. The molecule has 8 heteroatoms. The molecule has 0 spiro atoms. The third kappa shape index (κ3) is 4.73. The lowest BCUT2D eigenvalue weighted by molar-refractivity contribution is 0.102. The van der Waals surface area contributed by atoms with Crippen LogP contribution in [0, 0.1) is 0 Å². The van der Waals surface area contributed by atoms with Gasteiger partial charge in [-0.05, 0) is 42.8 Å². The van der Waals surface area contributed by atoms with Crippen LogP contribution in [0.25, 0.3) is 0 Å². The van der Waals surface area contributed by atoms with E-state index in [1.165, 1.54) is 14.2 Å². The van der Waals surface area contributed by atoms with E-state index >= 15 is 0 Å². The minimum atomic E-state index is -0.260. The lowest BCUT2D eigenvalue weighted by Crippen LogP contribution is -2.22. The lowest BCUT2D eigenvalue weighted by Gasteiger charge is -2.10. The Morgan fingerprint density at radius 2 is 1.54 bits per heavy atom. The summed E-state index contributed by atoms with van der Waals surface area (Å²) < 4.78 is 10.4. The zero-order chi connectivity index (χ0) is 19.1. The van der Waals surface area contributed by atoms with Gasteiger partial charge in [0.1, 0.15) is 0 Å². The maximum Gasteiger partial charge on any atom is 0.255 e. The Hall–Kier alpha value is -3.55. The lowest BCUT2D eigenvalue weighted by atomic mass is 10.1. The summed E-state index contributed by atoms with van der Waals surface area (Å²) in [6, 6.07) is 12.1. The number of methoxy groups -OCH3 is 2. The zero-order valence-electron chi connectivity index (χ0n) is 14.8. The number of carbonyl (C=O) groups is 1. The Morgan fingerprint density at radius 3 is 2.12 bits per heavy atom. The van der Waals surface area contributed by atoms with Gasteiger partial charge in [0.15, 0.2) is 11.5 Å². The van der Waals surface area contributed by atoms with E-state index in [2.05, 4.69) is 15.5 Å². The molecule has 0 aliphatic rings. The molecule has 0 aliphatic carbocycles. The minimum absolute atomic E-state index is 0.108. The van der Waals surface area contributed by atoms with Crippen molar-refractivity contribution in [2.24, 2.45) is 21.7 Å². The Balaban J connectivity index is 2.12. The summed E-state index contributed by atoms with van der Waals surface area (Å²) in [5.41, 5.74) is 13.1. The van der Waals surface area contributed by atoms with Crippen molar-refractivity contribution in [3.05, 3.63) is 53.6 Å². The fourth-order valence-electron chi connectivity index (χ4n) is 2.17. The maximum atomic E-state index is 12.4. The maximum absolute atomic E-state index is 12.4. The predicted molar refractivity (Wildman–Crippen MR) is 102 cm³/mol. The first kappa shape index (κ1) is 18.8. The standard InChI is InChI=1S/C18H21N5O3/c1-11(22-23-18(19)20)12-4-7-14(8-5-12)21-17(24)13-6-9-15(25-2)16(10-13)26-3/h4-10H,1-3H3,(H,21,24)(H4,19,20,23)/b22-11+. The number of hydrogen-bond acceptors (Lipinski definition) is 5. The molecule has 0 heterocycles.